The Morgan fingerprint density at radius 3 is 2.56 bits per heavy atom. The highest BCUT2D eigenvalue weighted by atomic mass is 16.5. The third-order valence-electron chi connectivity index (χ3n) is 5.37. The van der Waals surface area contributed by atoms with E-state index < -0.39 is 5.97 Å². The van der Waals surface area contributed by atoms with E-state index in [0.717, 1.165) is 36.7 Å². The number of aromatic nitrogens is 5. The molecule has 0 N–H and O–H groups in total. The van der Waals surface area contributed by atoms with Crippen molar-refractivity contribution in [2.45, 2.75) is 51.2 Å². The summed E-state index contributed by atoms with van der Waals surface area (Å²) in [7, 11) is 1.36. The molecule has 0 amide bonds. The zero-order chi connectivity index (χ0) is 18.8. The SMILES string of the molecule is COC(=O)c1ccc2c(c1)n(CCn1cnnc1)c(=O)n2C1CCCCC1. The van der Waals surface area contributed by atoms with Gasteiger partial charge in [-0.15, -0.1) is 10.2 Å². The monoisotopic (exact) mass is 369 g/mol. The van der Waals surface area contributed by atoms with Crippen molar-refractivity contribution in [1.82, 2.24) is 23.9 Å². The molecule has 8 heteroatoms. The standard InChI is InChI=1S/C19H23N5O3/c1-27-18(25)14-7-8-16-17(11-14)23(10-9-22-12-20-21-13-22)19(26)24(16)15-5-3-2-4-6-15/h7-8,11-13,15H,2-6,9-10H2,1H3. The fourth-order valence-electron chi connectivity index (χ4n) is 3.99. The number of benzene rings is 1. The number of hydrogen-bond acceptors (Lipinski definition) is 5. The van der Waals surface area contributed by atoms with Crippen LogP contribution in [-0.2, 0) is 17.8 Å². The number of carbonyl (C=O) groups excluding carboxylic acids is 1. The van der Waals surface area contributed by atoms with Gasteiger partial charge in [0.15, 0.2) is 0 Å². The Bertz CT molecular complexity index is 996. The number of fused-ring (bicyclic) bond motifs is 1. The van der Waals surface area contributed by atoms with E-state index in [4.69, 9.17) is 4.74 Å². The average Bonchev–Trinajstić information content (AvgIpc) is 3.31. The molecule has 0 spiro atoms. The Labute approximate surface area is 156 Å². The molecule has 27 heavy (non-hydrogen) atoms. The van der Waals surface area contributed by atoms with E-state index >= 15 is 0 Å². The second-order valence-electron chi connectivity index (χ2n) is 6.99. The van der Waals surface area contributed by atoms with Crippen LogP contribution in [0, 0.1) is 0 Å². The van der Waals surface area contributed by atoms with Crippen LogP contribution in [0.4, 0.5) is 0 Å². The Morgan fingerprint density at radius 2 is 1.85 bits per heavy atom. The van der Waals surface area contributed by atoms with Crippen molar-refractivity contribution in [3.05, 3.63) is 46.9 Å². The summed E-state index contributed by atoms with van der Waals surface area (Å²) in [6, 6.07) is 5.58. The van der Waals surface area contributed by atoms with Gasteiger partial charge in [-0.3, -0.25) is 9.13 Å². The van der Waals surface area contributed by atoms with E-state index in [1.54, 1.807) is 29.4 Å². The summed E-state index contributed by atoms with van der Waals surface area (Å²) in [6.07, 6.45) is 8.81. The number of esters is 1. The van der Waals surface area contributed by atoms with Crippen LogP contribution in [0.2, 0.25) is 0 Å². The Morgan fingerprint density at radius 1 is 1.11 bits per heavy atom. The maximum absolute atomic E-state index is 13.3. The molecule has 1 saturated carbocycles. The van der Waals surface area contributed by atoms with E-state index in [-0.39, 0.29) is 11.7 Å². The number of aryl methyl sites for hydroxylation is 2. The van der Waals surface area contributed by atoms with Gasteiger partial charge in [-0.2, -0.15) is 0 Å². The molecule has 0 unspecified atom stereocenters. The lowest BCUT2D eigenvalue weighted by molar-refractivity contribution is 0.0601. The summed E-state index contributed by atoms with van der Waals surface area (Å²) in [5, 5.41) is 7.61. The van der Waals surface area contributed by atoms with Crippen LogP contribution in [-0.4, -0.2) is 37.0 Å². The maximum atomic E-state index is 13.3. The summed E-state index contributed by atoms with van der Waals surface area (Å²) >= 11 is 0. The molecule has 2 aromatic heterocycles. The van der Waals surface area contributed by atoms with Crippen molar-refractivity contribution in [3.8, 4) is 0 Å². The predicted octanol–water partition coefficient (Wildman–Crippen LogP) is 2.39. The second-order valence-corrected chi connectivity index (χ2v) is 6.99. The molecule has 1 aliphatic rings. The van der Waals surface area contributed by atoms with Gasteiger partial charge in [0.25, 0.3) is 0 Å². The molecule has 2 heterocycles. The van der Waals surface area contributed by atoms with Crippen molar-refractivity contribution >= 4 is 17.0 Å². The number of nitrogens with zero attached hydrogens (tertiary/aromatic N) is 5. The lowest BCUT2D eigenvalue weighted by Gasteiger charge is -2.23. The number of carbonyl (C=O) groups is 1. The first-order chi connectivity index (χ1) is 13.2. The van der Waals surface area contributed by atoms with E-state index in [9.17, 15) is 9.59 Å². The summed E-state index contributed by atoms with van der Waals surface area (Å²) < 4.78 is 10.3. The van der Waals surface area contributed by atoms with E-state index in [1.807, 2.05) is 15.2 Å². The lowest BCUT2D eigenvalue weighted by Crippen LogP contribution is -2.29. The quantitative estimate of drug-likeness (QED) is 0.645. The largest absolute Gasteiger partial charge is 0.465 e. The molecule has 8 nitrogen and oxygen atoms in total. The minimum atomic E-state index is -0.403. The van der Waals surface area contributed by atoms with E-state index in [2.05, 4.69) is 10.2 Å². The van der Waals surface area contributed by atoms with Gasteiger partial charge < -0.3 is 9.30 Å². The average molecular weight is 369 g/mol. The molecule has 0 saturated heterocycles. The molecular formula is C19H23N5O3. The van der Waals surface area contributed by atoms with Crippen LogP contribution in [0.15, 0.2) is 35.6 Å². The molecule has 0 aliphatic heterocycles. The molecule has 1 fully saturated rings. The number of ether oxygens (including phenoxy) is 1. The minimum absolute atomic E-state index is 0.0213. The molecule has 3 aromatic rings. The Kier molecular flexibility index (Phi) is 4.79. The fourth-order valence-corrected chi connectivity index (χ4v) is 3.99. The van der Waals surface area contributed by atoms with Crippen LogP contribution in [0.25, 0.3) is 11.0 Å². The van der Waals surface area contributed by atoms with E-state index in [1.165, 1.54) is 13.5 Å². The number of methoxy groups -OCH3 is 1. The highest BCUT2D eigenvalue weighted by Crippen LogP contribution is 2.30. The van der Waals surface area contributed by atoms with E-state index in [0.29, 0.717) is 18.7 Å². The fraction of sp³-hybridized carbons (Fsp3) is 0.474. The lowest BCUT2D eigenvalue weighted by atomic mass is 9.95. The van der Waals surface area contributed by atoms with Crippen molar-refractivity contribution < 1.29 is 9.53 Å². The number of hydrogen-bond donors (Lipinski definition) is 0. The molecular weight excluding hydrogens is 346 g/mol. The maximum Gasteiger partial charge on any atom is 0.337 e. The van der Waals surface area contributed by atoms with Gasteiger partial charge in [0, 0.05) is 19.1 Å². The smallest absolute Gasteiger partial charge is 0.337 e. The first-order valence-corrected chi connectivity index (χ1v) is 9.34. The molecule has 0 bridgehead atoms. The first-order valence-electron chi connectivity index (χ1n) is 9.34. The van der Waals surface area contributed by atoms with Gasteiger partial charge in [-0.05, 0) is 31.0 Å². The van der Waals surface area contributed by atoms with Crippen molar-refractivity contribution in [2.75, 3.05) is 7.11 Å². The summed E-state index contributed by atoms with van der Waals surface area (Å²) in [5.74, 6) is -0.403. The number of imidazole rings is 1. The van der Waals surface area contributed by atoms with Crippen LogP contribution < -0.4 is 5.69 Å². The molecule has 1 aromatic carbocycles. The molecule has 142 valence electrons. The zero-order valence-corrected chi connectivity index (χ0v) is 15.4. The van der Waals surface area contributed by atoms with Gasteiger partial charge in [-0.25, -0.2) is 9.59 Å². The summed E-state index contributed by atoms with van der Waals surface area (Å²) in [4.78, 5) is 25.2. The first kappa shape index (κ1) is 17.5. The highest BCUT2D eigenvalue weighted by Gasteiger charge is 2.23. The predicted molar refractivity (Wildman–Crippen MR) is 99.7 cm³/mol. The van der Waals surface area contributed by atoms with Gasteiger partial charge in [0.2, 0.25) is 0 Å². The Hall–Kier alpha value is -2.90. The van der Waals surface area contributed by atoms with Crippen LogP contribution in [0.3, 0.4) is 0 Å². The third-order valence-corrected chi connectivity index (χ3v) is 5.37. The van der Waals surface area contributed by atoms with Crippen molar-refractivity contribution in [3.63, 3.8) is 0 Å². The van der Waals surface area contributed by atoms with Crippen LogP contribution in [0.1, 0.15) is 48.5 Å². The topological polar surface area (TPSA) is 83.9 Å². The Balaban J connectivity index is 1.80. The normalized spacial score (nSPS) is 15.3. The molecule has 1 aliphatic carbocycles. The third kappa shape index (κ3) is 3.27. The van der Waals surface area contributed by atoms with Gasteiger partial charge in [0.05, 0.1) is 23.7 Å². The molecule has 0 radical (unpaired) electrons. The van der Waals surface area contributed by atoms with Crippen molar-refractivity contribution in [1.29, 1.82) is 0 Å². The van der Waals surface area contributed by atoms with Crippen LogP contribution >= 0.6 is 0 Å². The summed E-state index contributed by atoms with van der Waals surface area (Å²) in [5.41, 5.74) is 2.07. The molecule has 0 atom stereocenters. The van der Waals surface area contributed by atoms with Gasteiger partial charge in [0.1, 0.15) is 12.7 Å². The second kappa shape index (κ2) is 7.38. The minimum Gasteiger partial charge on any atom is -0.465 e. The highest BCUT2D eigenvalue weighted by molar-refractivity contribution is 5.93. The van der Waals surface area contributed by atoms with Crippen molar-refractivity contribution in [2.24, 2.45) is 0 Å². The zero-order valence-electron chi connectivity index (χ0n) is 15.4. The van der Waals surface area contributed by atoms with Crippen LogP contribution in [0.5, 0.6) is 0 Å². The summed E-state index contributed by atoms with van der Waals surface area (Å²) in [6.45, 7) is 1.07. The van der Waals surface area contributed by atoms with Gasteiger partial charge in [-0.1, -0.05) is 19.3 Å². The number of rotatable bonds is 5. The molecule has 4 rings (SSSR count). The van der Waals surface area contributed by atoms with Gasteiger partial charge >= 0.3 is 11.7 Å².